The summed E-state index contributed by atoms with van der Waals surface area (Å²) in [5.41, 5.74) is 0.851. The van der Waals surface area contributed by atoms with Gasteiger partial charge in [-0.25, -0.2) is 14.2 Å². The second-order valence-corrected chi connectivity index (χ2v) is 5.67. The first-order chi connectivity index (χ1) is 11.1. The van der Waals surface area contributed by atoms with Gasteiger partial charge in [-0.2, -0.15) is 0 Å². The lowest BCUT2D eigenvalue weighted by Gasteiger charge is -2.24. The zero-order valence-corrected chi connectivity index (χ0v) is 12.7. The first-order valence-electron chi connectivity index (χ1n) is 7.73. The molecule has 1 amide bonds. The maximum Gasteiger partial charge on any atom is 0.345 e. The van der Waals surface area contributed by atoms with E-state index >= 15 is 0 Å². The first kappa shape index (κ1) is 15.4. The Morgan fingerprint density at radius 1 is 1.35 bits per heavy atom. The maximum absolute atomic E-state index is 13.6. The average Bonchev–Trinajstić information content (AvgIpc) is 3.03. The van der Waals surface area contributed by atoms with Crippen molar-refractivity contribution in [3.63, 3.8) is 0 Å². The van der Waals surface area contributed by atoms with E-state index in [4.69, 9.17) is 0 Å². The Morgan fingerprint density at radius 3 is 2.96 bits per heavy atom. The summed E-state index contributed by atoms with van der Waals surface area (Å²) in [7, 11) is 0. The third kappa shape index (κ3) is 3.47. The molecule has 1 aromatic carbocycles. The van der Waals surface area contributed by atoms with Gasteiger partial charge in [-0.15, -0.1) is 0 Å². The third-order valence-electron chi connectivity index (χ3n) is 4.20. The standard InChI is InChI=1S/C17H18FN3O2/c18-13-5-2-1-4-12(13)7-8-16(22)21-11-3-6-15(21)14-9-10-19-17(23)20-14/h1-2,4-5,9-10,15H,3,6-8,11H2,(H,19,20,23)/t15-/m1/s1. The molecule has 1 aromatic heterocycles. The number of nitrogens with zero attached hydrogens (tertiary/aromatic N) is 2. The van der Waals surface area contributed by atoms with Crippen LogP contribution < -0.4 is 5.69 Å². The van der Waals surface area contributed by atoms with E-state index in [1.54, 1.807) is 29.2 Å². The minimum absolute atomic E-state index is 0.0200. The van der Waals surface area contributed by atoms with Gasteiger partial charge < -0.3 is 9.88 Å². The number of aromatic nitrogens is 2. The molecular formula is C17H18FN3O2. The van der Waals surface area contributed by atoms with Gasteiger partial charge in [0.05, 0.1) is 6.04 Å². The highest BCUT2D eigenvalue weighted by atomic mass is 19.1. The van der Waals surface area contributed by atoms with Crippen LogP contribution in [0.1, 0.15) is 36.6 Å². The highest BCUT2D eigenvalue weighted by molar-refractivity contribution is 5.77. The summed E-state index contributed by atoms with van der Waals surface area (Å²) in [5, 5.41) is 0. The number of hydrogen-bond donors (Lipinski definition) is 1. The number of aromatic amines is 1. The molecule has 0 aliphatic carbocycles. The van der Waals surface area contributed by atoms with Crippen LogP contribution in [0.5, 0.6) is 0 Å². The Balaban J connectivity index is 1.69. The van der Waals surface area contributed by atoms with E-state index in [-0.39, 0.29) is 24.2 Å². The Kier molecular flexibility index (Phi) is 4.50. The van der Waals surface area contributed by atoms with Crippen LogP contribution in [-0.2, 0) is 11.2 Å². The van der Waals surface area contributed by atoms with Crippen molar-refractivity contribution in [2.24, 2.45) is 0 Å². The van der Waals surface area contributed by atoms with Crippen LogP contribution in [0.25, 0.3) is 0 Å². The molecule has 0 saturated carbocycles. The molecule has 1 fully saturated rings. The largest absolute Gasteiger partial charge is 0.345 e. The van der Waals surface area contributed by atoms with E-state index in [0.717, 1.165) is 12.8 Å². The van der Waals surface area contributed by atoms with Crippen molar-refractivity contribution < 1.29 is 9.18 Å². The number of halogens is 1. The van der Waals surface area contributed by atoms with E-state index in [1.165, 1.54) is 12.3 Å². The van der Waals surface area contributed by atoms with Crippen molar-refractivity contribution in [1.29, 1.82) is 0 Å². The summed E-state index contributed by atoms with van der Waals surface area (Å²) in [6.45, 7) is 0.658. The molecule has 0 unspecified atom stereocenters. The van der Waals surface area contributed by atoms with Gasteiger partial charge in [0.1, 0.15) is 5.82 Å². The molecule has 1 aliphatic heterocycles. The molecule has 1 saturated heterocycles. The number of carbonyl (C=O) groups is 1. The molecule has 1 atom stereocenters. The van der Waals surface area contributed by atoms with Crippen molar-refractivity contribution >= 4 is 5.91 Å². The quantitative estimate of drug-likeness (QED) is 0.940. The second-order valence-electron chi connectivity index (χ2n) is 5.67. The van der Waals surface area contributed by atoms with Crippen molar-refractivity contribution in [3.05, 3.63) is 64.1 Å². The van der Waals surface area contributed by atoms with Crippen LogP contribution in [0.4, 0.5) is 4.39 Å². The minimum Gasteiger partial charge on any atom is -0.334 e. The Labute approximate surface area is 133 Å². The van der Waals surface area contributed by atoms with E-state index in [0.29, 0.717) is 24.2 Å². The van der Waals surface area contributed by atoms with Crippen molar-refractivity contribution in [1.82, 2.24) is 14.9 Å². The number of amides is 1. The first-order valence-corrected chi connectivity index (χ1v) is 7.73. The van der Waals surface area contributed by atoms with Gasteiger partial charge in [-0.3, -0.25) is 4.79 Å². The summed E-state index contributed by atoms with van der Waals surface area (Å²) in [6, 6.07) is 8.11. The molecule has 3 rings (SSSR count). The molecule has 2 aromatic rings. The van der Waals surface area contributed by atoms with E-state index in [1.807, 2.05) is 0 Å². The molecule has 2 heterocycles. The molecule has 0 spiro atoms. The van der Waals surface area contributed by atoms with Crippen molar-refractivity contribution in [2.45, 2.75) is 31.7 Å². The summed E-state index contributed by atoms with van der Waals surface area (Å²) < 4.78 is 13.6. The van der Waals surface area contributed by atoms with Crippen LogP contribution in [0.3, 0.4) is 0 Å². The van der Waals surface area contributed by atoms with E-state index < -0.39 is 5.69 Å². The predicted molar refractivity (Wildman–Crippen MR) is 83.3 cm³/mol. The molecule has 1 N–H and O–H groups in total. The Hall–Kier alpha value is -2.50. The van der Waals surface area contributed by atoms with Crippen molar-refractivity contribution in [2.75, 3.05) is 6.54 Å². The number of carbonyl (C=O) groups excluding carboxylic acids is 1. The van der Waals surface area contributed by atoms with Crippen LogP contribution in [-0.4, -0.2) is 27.3 Å². The van der Waals surface area contributed by atoms with Crippen LogP contribution in [0.15, 0.2) is 41.3 Å². The highest BCUT2D eigenvalue weighted by Crippen LogP contribution is 2.30. The molecular weight excluding hydrogens is 297 g/mol. The lowest BCUT2D eigenvalue weighted by Crippen LogP contribution is -2.32. The molecule has 120 valence electrons. The lowest BCUT2D eigenvalue weighted by atomic mass is 10.1. The van der Waals surface area contributed by atoms with Gasteiger partial charge in [-0.1, -0.05) is 18.2 Å². The number of nitrogens with one attached hydrogen (secondary N) is 1. The number of benzene rings is 1. The zero-order valence-electron chi connectivity index (χ0n) is 12.7. The number of H-pyrrole nitrogens is 1. The van der Waals surface area contributed by atoms with E-state index in [2.05, 4.69) is 9.97 Å². The van der Waals surface area contributed by atoms with Crippen molar-refractivity contribution in [3.8, 4) is 0 Å². The molecule has 1 aliphatic rings. The van der Waals surface area contributed by atoms with Crippen LogP contribution in [0, 0.1) is 5.82 Å². The topological polar surface area (TPSA) is 66.1 Å². The van der Waals surface area contributed by atoms with Gasteiger partial charge in [0.25, 0.3) is 0 Å². The maximum atomic E-state index is 13.6. The molecule has 0 radical (unpaired) electrons. The average molecular weight is 315 g/mol. The lowest BCUT2D eigenvalue weighted by molar-refractivity contribution is -0.132. The summed E-state index contributed by atoms with van der Waals surface area (Å²) in [5.74, 6) is -0.301. The predicted octanol–water partition coefficient (Wildman–Crippen LogP) is 2.21. The number of likely N-dealkylation sites (tertiary alicyclic amines) is 1. The van der Waals surface area contributed by atoms with Gasteiger partial charge in [0, 0.05) is 24.9 Å². The Morgan fingerprint density at radius 2 is 2.17 bits per heavy atom. The van der Waals surface area contributed by atoms with Crippen LogP contribution >= 0.6 is 0 Å². The monoisotopic (exact) mass is 315 g/mol. The third-order valence-corrected chi connectivity index (χ3v) is 4.20. The minimum atomic E-state index is -0.409. The van der Waals surface area contributed by atoms with E-state index in [9.17, 15) is 14.0 Å². The Bertz CT molecular complexity index is 759. The van der Waals surface area contributed by atoms with Gasteiger partial charge in [0.2, 0.25) is 5.91 Å². The molecule has 0 bridgehead atoms. The zero-order chi connectivity index (χ0) is 16.2. The summed E-state index contributed by atoms with van der Waals surface area (Å²) in [4.78, 5) is 31.9. The van der Waals surface area contributed by atoms with Gasteiger partial charge >= 0.3 is 5.69 Å². The fourth-order valence-electron chi connectivity index (χ4n) is 3.05. The fraction of sp³-hybridized carbons (Fsp3) is 0.353. The SMILES string of the molecule is O=C(CCc1ccccc1F)N1CCC[C@@H]1c1ccnc(=O)[nH]1. The molecule has 23 heavy (non-hydrogen) atoms. The normalized spacial score (nSPS) is 17.4. The molecule has 6 heteroatoms. The second kappa shape index (κ2) is 6.73. The molecule has 5 nitrogen and oxygen atoms in total. The highest BCUT2D eigenvalue weighted by Gasteiger charge is 2.30. The number of aryl methyl sites for hydroxylation is 1. The summed E-state index contributed by atoms with van der Waals surface area (Å²) >= 11 is 0. The summed E-state index contributed by atoms with van der Waals surface area (Å²) in [6.07, 6.45) is 3.79. The van der Waals surface area contributed by atoms with Gasteiger partial charge in [-0.05, 0) is 37.0 Å². The fourth-order valence-corrected chi connectivity index (χ4v) is 3.05. The number of hydrogen-bond acceptors (Lipinski definition) is 3. The van der Waals surface area contributed by atoms with Gasteiger partial charge in [0.15, 0.2) is 0 Å². The smallest absolute Gasteiger partial charge is 0.334 e. The van der Waals surface area contributed by atoms with Crippen LogP contribution in [0.2, 0.25) is 0 Å². The number of rotatable bonds is 4.